The van der Waals surface area contributed by atoms with Gasteiger partial charge in [-0.2, -0.15) is 0 Å². The molecular formula is C12H22N2O. The first-order valence-electron chi connectivity index (χ1n) is 5.66. The summed E-state index contributed by atoms with van der Waals surface area (Å²) in [6.07, 6.45) is 4.67. The largest absolute Gasteiger partial charge is 0.354 e. The summed E-state index contributed by atoms with van der Waals surface area (Å²) in [6.45, 7) is 8.77. The fourth-order valence-electron chi connectivity index (χ4n) is 1.80. The summed E-state index contributed by atoms with van der Waals surface area (Å²) in [5, 5.41) is 2.94. The molecule has 1 fully saturated rings. The number of hydrogen-bond donors (Lipinski definition) is 2. The van der Waals surface area contributed by atoms with Crippen molar-refractivity contribution in [2.24, 2.45) is 17.1 Å². The summed E-state index contributed by atoms with van der Waals surface area (Å²) in [5.74, 6) is 0.579. The molecule has 15 heavy (non-hydrogen) atoms. The number of nitrogens with two attached hydrogens (primary N) is 1. The standard InChI is InChI=1S/C12H22N2O/c1-4-5-10(13)11(15)14-8-12(6-7-12)9(2)3/h4,9-10H,1,5-8,13H2,2-3H3,(H,14,15). The fraction of sp³-hybridized carbons (Fsp3) is 0.750. The molecule has 1 rings (SSSR count). The van der Waals surface area contributed by atoms with Crippen molar-refractivity contribution in [1.29, 1.82) is 0 Å². The van der Waals surface area contributed by atoms with Crippen LogP contribution in [0.5, 0.6) is 0 Å². The SMILES string of the molecule is C=CCC(N)C(=O)NCC1(C(C)C)CC1. The van der Waals surface area contributed by atoms with Crippen LogP contribution in [-0.4, -0.2) is 18.5 Å². The van der Waals surface area contributed by atoms with Crippen molar-refractivity contribution < 1.29 is 4.79 Å². The third kappa shape index (κ3) is 3.06. The molecular weight excluding hydrogens is 188 g/mol. The predicted molar refractivity (Wildman–Crippen MR) is 62.3 cm³/mol. The van der Waals surface area contributed by atoms with Crippen LogP contribution in [0.1, 0.15) is 33.1 Å². The zero-order valence-electron chi connectivity index (χ0n) is 9.75. The summed E-state index contributed by atoms with van der Waals surface area (Å²) in [7, 11) is 0. The lowest BCUT2D eigenvalue weighted by atomic mass is 9.92. The van der Waals surface area contributed by atoms with E-state index in [-0.39, 0.29) is 5.91 Å². The molecule has 1 aliphatic carbocycles. The maximum Gasteiger partial charge on any atom is 0.237 e. The number of nitrogens with one attached hydrogen (secondary N) is 1. The van der Waals surface area contributed by atoms with Gasteiger partial charge in [0.1, 0.15) is 0 Å². The van der Waals surface area contributed by atoms with Gasteiger partial charge in [-0.3, -0.25) is 4.79 Å². The van der Waals surface area contributed by atoms with E-state index in [0.29, 0.717) is 17.8 Å². The molecule has 0 aromatic heterocycles. The summed E-state index contributed by atoms with van der Waals surface area (Å²) in [6, 6.07) is -0.439. The first-order chi connectivity index (χ1) is 7.02. The third-order valence-corrected chi connectivity index (χ3v) is 3.49. The summed E-state index contributed by atoms with van der Waals surface area (Å²) >= 11 is 0. The molecule has 3 N–H and O–H groups in total. The van der Waals surface area contributed by atoms with E-state index >= 15 is 0 Å². The van der Waals surface area contributed by atoms with E-state index < -0.39 is 6.04 Å². The molecule has 3 heteroatoms. The van der Waals surface area contributed by atoms with Gasteiger partial charge in [0.25, 0.3) is 0 Å². The van der Waals surface area contributed by atoms with Crippen LogP contribution in [0.4, 0.5) is 0 Å². The second kappa shape index (κ2) is 4.79. The normalized spacial score (nSPS) is 19.7. The number of hydrogen-bond acceptors (Lipinski definition) is 2. The minimum Gasteiger partial charge on any atom is -0.354 e. The molecule has 1 aliphatic rings. The maximum absolute atomic E-state index is 11.5. The lowest BCUT2D eigenvalue weighted by molar-refractivity contribution is -0.122. The van der Waals surface area contributed by atoms with Crippen LogP contribution in [0.2, 0.25) is 0 Å². The van der Waals surface area contributed by atoms with Gasteiger partial charge < -0.3 is 11.1 Å². The van der Waals surface area contributed by atoms with Gasteiger partial charge in [-0.15, -0.1) is 6.58 Å². The number of amides is 1. The molecule has 0 aromatic carbocycles. The molecule has 0 heterocycles. The Bertz CT molecular complexity index is 244. The van der Waals surface area contributed by atoms with Crippen molar-refractivity contribution in [2.45, 2.75) is 39.2 Å². The maximum atomic E-state index is 11.5. The van der Waals surface area contributed by atoms with Crippen LogP contribution < -0.4 is 11.1 Å². The van der Waals surface area contributed by atoms with Gasteiger partial charge >= 0.3 is 0 Å². The second-order valence-electron chi connectivity index (χ2n) is 4.87. The quantitative estimate of drug-likeness (QED) is 0.652. The first kappa shape index (κ1) is 12.2. The molecule has 1 unspecified atom stereocenters. The Morgan fingerprint density at radius 3 is 2.60 bits per heavy atom. The van der Waals surface area contributed by atoms with E-state index in [9.17, 15) is 4.79 Å². The van der Waals surface area contributed by atoms with E-state index in [2.05, 4.69) is 25.7 Å². The van der Waals surface area contributed by atoms with Crippen LogP contribution in [-0.2, 0) is 4.79 Å². The topological polar surface area (TPSA) is 55.1 Å². The molecule has 0 radical (unpaired) electrons. The van der Waals surface area contributed by atoms with Crippen LogP contribution in [0.15, 0.2) is 12.7 Å². The average molecular weight is 210 g/mol. The lowest BCUT2D eigenvalue weighted by Crippen LogP contribution is -2.43. The van der Waals surface area contributed by atoms with Crippen molar-refractivity contribution >= 4 is 5.91 Å². The molecule has 0 bridgehead atoms. The molecule has 1 saturated carbocycles. The van der Waals surface area contributed by atoms with Gasteiger partial charge in [0, 0.05) is 6.54 Å². The number of rotatable bonds is 6. The zero-order chi connectivity index (χ0) is 11.5. The van der Waals surface area contributed by atoms with Gasteiger partial charge in [-0.1, -0.05) is 19.9 Å². The van der Waals surface area contributed by atoms with Crippen molar-refractivity contribution in [1.82, 2.24) is 5.32 Å². The summed E-state index contributed by atoms with van der Waals surface area (Å²) in [4.78, 5) is 11.5. The Hall–Kier alpha value is -0.830. The Morgan fingerprint density at radius 1 is 1.60 bits per heavy atom. The van der Waals surface area contributed by atoms with Crippen molar-refractivity contribution in [2.75, 3.05) is 6.54 Å². The average Bonchev–Trinajstić information content (AvgIpc) is 2.95. The van der Waals surface area contributed by atoms with Crippen LogP contribution in [0.25, 0.3) is 0 Å². The van der Waals surface area contributed by atoms with Crippen LogP contribution in [0.3, 0.4) is 0 Å². The van der Waals surface area contributed by atoms with E-state index in [4.69, 9.17) is 5.73 Å². The monoisotopic (exact) mass is 210 g/mol. The molecule has 3 nitrogen and oxygen atoms in total. The molecule has 0 saturated heterocycles. The highest BCUT2D eigenvalue weighted by Crippen LogP contribution is 2.51. The minimum atomic E-state index is -0.439. The molecule has 1 atom stereocenters. The number of carbonyl (C=O) groups excluding carboxylic acids is 1. The van der Waals surface area contributed by atoms with Gasteiger partial charge in [-0.05, 0) is 30.6 Å². The molecule has 0 aromatic rings. The Morgan fingerprint density at radius 2 is 2.20 bits per heavy atom. The molecule has 1 amide bonds. The highest BCUT2D eigenvalue weighted by Gasteiger charge is 2.45. The third-order valence-electron chi connectivity index (χ3n) is 3.49. The molecule has 0 aliphatic heterocycles. The van der Waals surface area contributed by atoms with E-state index in [1.165, 1.54) is 12.8 Å². The van der Waals surface area contributed by atoms with Crippen molar-refractivity contribution in [3.63, 3.8) is 0 Å². The van der Waals surface area contributed by atoms with Gasteiger partial charge in [0.05, 0.1) is 6.04 Å². The van der Waals surface area contributed by atoms with Gasteiger partial charge in [0.2, 0.25) is 5.91 Å². The van der Waals surface area contributed by atoms with Gasteiger partial charge in [-0.25, -0.2) is 0 Å². The number of carbonyl (C=O) groups is 1. The van der Waals surface area contributed by atoms with Crippen molar-refractivity contribution in [3.05, 3.63) is 12.7 Å². The fourth-order valence-corrected chi connectivity index (χ4v) is 1.80. The van der Waals surface area contributed by atoms with E-state index in [0.717, 1.165) is 6.54 Å². The zero-order valence-corrected chi connectivity index (χ0v) is 9.75. The highest BCUT2D eigenvalue weighted by atomic mass is 16.2. The smallest absolute Gasteiger partial charge is 0.237 e. The van der Waals surface area contributed by atoms with Crippen LogP contribution in [0, 0.1) is 11.3 Å². The first-order valence-corrected chi connectivity index (χ1v) is 5.66. The Kier molecular flexibility index (Phi) is 3.91. The minimum absolute atomic E-state index is 0.0539. The molecule has 0 spiro atoms. The van der Waals surface area contributed by atoms with Crippen LogP contribution >= 0.6 is 0 Å². The highest BCUT2D eigenvalue weighted by molar-refractivity contribution is 5.81. The summed E-state index contributed by atoms with van der Waals surface area (Å²) in [5.41, 5.74) is 6.02. The lowest BCUT2D eigenvalue weighted by Gasteiger charge is -2.21. The van der Waals surface area contributed by atoms with Crippen molar-refractivity contribution in [3.8, 4) is 0 Å². The molecule has 86 valence electrons. The van der Waals surface area contributed by atoms with E-state index in [1.54, 1.807) is 6.08 Å². The summed E-state index contributed by atoms with van der Waals surface area (Å²) < 4.78 is 0. The Balaban J connectivity index is 2.31. The van der Waals surface area contributed by atoms with Gasteiger partial charge in [0.15, 0.2) is 0 Å². The van der Waals surface area contributed by atoms with E-state index in [1.807, 2.05) is 0 Å². The Labute approximate surface area is 92.1 Å². The second-order valence-corrected chi connectivity index (χ2v) is 4.87. The predicted octanol–water partition coefficient (Wildman–Crippen LogP) is 1.44.